The van der Waals surface area contributed by atoms with Crippen LogP contribution < -0.4 is 11.1 Å². The molecule has 0 aliphatic carbocycles. The van der Waals surface area contributed by atoms with E-state index in [9.17, 15) is 4.79 Å². The normalized spacial score (nSPS) is 11.2. The van der Waals surface area contributed by atoms with Crippen LogP contribution in [0.4, 0.5) is 11.5 Å². The molecule has 5 N–H and O–H groups in total. The SMILES string of the molecule is CC(C)c1cc(NC(=O)c2cc3cc(N)ccc3[nH]2)n[nH]1. The zero-order valence-electron chi connectivity index (χ0n) is 11.9. The molecular formula is C15H17N5O. The lowest BCUT2D eigenvalue weighted by atomic mass is 10.1. The fourth-order valence-corrected chi connectivity index (χ4v) is 2.15. The van der Waals surface area contributed by atoms with Crippen LogP contribution in [-0.2, 0) is 0 Å². The lowest BCUT2D eigenvalue weighted by Crippen LogP contribution is -2.12. The second-order valence-electron chi connectivity index (χ2n) is 5.35. The Morgan fingerprint density at radius 2 is 2.10 bits per heavy atom. The number of aromatic amines is 2. The van der Waals surface area contributed by atoms with Crippen molar-refractivity contribution < 1.29 is 4.79 Å². The van der Waals surface area contributed by atoms with Gasteiger partial charge in [0.1, 0.15) is 5.69 Å². The maximum Gasteiger partial charge on any atom is 0.273 e. The number of hydrogen-bond donors (Lipinski definition) is 4. The van der Waals surface area contributed by atoms with Crippen molar-refractivity contribution in [3.63, 3.8) is 0 Å². The Hall–Kier alpha value is -2.76. The number of nitrogens with zero attached hydrogens (tertiary/aromatic N) is 1. The monoisotopic (exact) mass is 283 g/mol. The van der Waals surface area contributed by atoms with Crippen LogP contribution in [0.3, 0.4) is 0 Å². The largest absolute Gasteiger partial charge is 0.399 e. The summed E-state index contributed by atoms with van der Waals surface area (Å²) >= 11 is 0. The number of aromatic nitrogens is 3. The number of hydrogen-bond acceptors (Lipinski definition) is 3. The first-order valence-corrected chi connectivity index (χ1v) is 6.78. The Bertz CT molecular complexity index is 799. The van der Waals surface area contributed by atoms with Gasteiger partial charge in [-0.25, -0.2) is 0 Å². The first-order valence-electron chi connectivity index (χ1n) is 6.78. The van der Waals surface area contributed by atoms with Gasteiger partial charge in [0.25, 0.3) is 5.91 Å². The summed E-state index contributed by atoms with van der Waals surface area (Å²) in [5.74, 6) is 0.618. The number of amides is 1. The average Bonchev–Trinajstić information content (AvgIpc) is 3.04. The molecule has 3 aromatic rings. The van der Waals surface area contributed by atoms with Crippen molar-refractivity contribution in [1.29, 1.82) is 0 Å². The Morgan fingerprint density at radius 1 is 1.29 bits per heavy atom. The average molecular weight is 283 g/mol. The van der Waals surface area contributed by atoms with Crippen LogP contribution in [0.1, 0.15) is 35.9 Å². The summed E-state index contributed by atoms with van der Waals surface area (Å²) in [6.07, 6.45) is 0. The van der Waals surface area contributed by atoms with E-state index in [2.05, 4.69) is 34.3 Å². The van der Waals surface area contributed by atoms with Gasteiger partial charge in [0.2, 0.25) is 0 Å². The molecule has 2 heterocycles. The molecule has 21 heavy (non-hydrogen) atoms. The molecule has 2 aromatic heterocycles. The number of nitrogens with one attached hydrogen (secondary N) is 3. The number of fused-ring (bicyclic) bond motifs is 1. The van der Waals surface area contributed by atoms with E-state index in [1.807, 2.05) is 18.2 Å². The van der Waals surface area contributed by atoms with Crippen molar-refractivity contribution in [3.05, 3.63) is 41.7 Å². The number of carbonyl (C=O) groups excluding carboxylic acids is 1. The van der Waals surface area contributed by atoms with Crippen molar-refractivity contribution in [2.75, 3.05) is 11.1 Å². The summed E-state index contributed by atoms with van der Waals surface area (Å²) in [6.45, 7) is 4.11. The van der Waals surface area contributed by atoms with E-state index in [-0.39, 0.29) is 5.91 Å². The second kappa shape index (κ2) is 4.97. The van der Waals surface area contributed by atoms with Crippen molar-refractivity contribution in [3.8, 4) is 0 Å². The quantitative estimate of drug-likeness (QED) is 0.556. The zero-order chi connectivity index (χ0) is 15.0. The van der Waals surface area contributed by atoms with Gasteiger partial charge >= 0.3 is 0 Å². The Kier molecular flexibility index (Phi) is 3.13. The third-order valence-electron chi connectivity index (χ3n) is 3.35. The van der Waals surface area contributed by atoms with Gasteiger partial charge in [-0.15, -0.1) is 0 Å². The van der Waals surface area contributed by atoms with Gasteiger partial charge in [0, 0.05) is 28.4 Å². The number of rotatable bonds is 3. The minimum atomic E-state index is -0.230. The minimum absolute atomic E-state index is 0.230. The summed E-state index contributed by atoms with van der Waals surface area (Å²) < 4.78 is 0. The predicted octanol–water partition coefficient (Wildman–Crippen LogP) is 2.85. The summed E-state index contributed by atoms with van der Waals surface area (Å²) in [5, 5.41) is 10.7. The number of benzene rings is 1. The van der Waals surface area contributed by atoms with Gasteiger partial charge in [-0.1, -0.05) is 13.8 Å². The first kappa shape index (κ1) is 13.2. The lowest BCUT2D eigenvalue weighted by Gasteiger charge is -1.99. The zero-order valence-corrected chi connectivity index (χ0v) is 11.9. The molecule has 0 saturated carbocycles. The van der Waals surface area contributed by atoms with Crippen molar-refractivity contribution in [1.82, 2.24) is 15.2 Å². The number of nitrogens with two attached hydrogens (primary N) is 1. The molecule has 0 atom stereocenters. The van der Waals surface area contributed by atoms with Crippen LogP contribution in [0.25, 0.3) is 10.9 Å². The molecule has 1 aromatic carbocycles. The van der Waals surface area contributed by atoms with Crippen molar-refractivity contribution in [2.45, 2.75) is 19.8 Å². The van der Waals surface area contributed by atoms with Crippen LogP contribution in [0.2, 0.25) is 0 Å². The molecule has 0 aliphatic rings. The van der Waals surface area contributed by atoms with Crippen LogP contribution in [0.15, 0.2) is 30.3 Å². The smallest absolute Gasteiger partial charge is 0.273 e. The molecule has 0 fully saturated rings. The molecule has 6 heteroatoms. The highest BCUT2D eigenvalue weighted by molar-refractivity contribution is 6.05. The first-order chi connectivity index (χ1) is 10.0. The third kappa shape index (κ3) is 2.60. The van der Waals surface area contributed by atoms with Gasteiger partial charge in [-0.2, -0.15) is 5.10 Å². The minimum Gasteiger partial charge on any atom is -0.399 e. The topological polar surface area (TPSA) is 99.6 Å². The molecule has 0 radical (unpaired) electrons. The second-order valence-corrected chi connectivity index (χ2v) is 5.35. The fraction of sp³-hybridized carbons (Fsp3) is 0.200. The predicted molar refractivity (Wildman–Crippen MR) is 83.3 cm³/mol. The molecule has 1 amide bonds. The van der Waals surface area contributed by atoms with E-state index in [1.165, 1.54) is 0 Å². The van der Waals surface area contributed by atoms with E-state index in [4.69, 9.17) is 5.73 Å². The molecule has 0 spiro atoms. The maximum absolute atomic E-state index is 12.2. The van der Waals surface area contributed by atoms with Gasteiger partial charge in [0.15, 0.2) is 5.82 Å². The number of carbonyl (C=O) groups is 1. The maximum atomic E-state index is 12.2. The highest BCUT2D eigenvalue weighted by Crippen LogP contribution is 2.20. The van der Waals surface area contributed by atoms with Crippen molar-refractivity contribution >= 4 is 28.3 Å². The van der Waals surface area contributed by atoms with E-state index < -0.39 is 0 Å². The number of nitrogen functional groups attached to an aromatic ring is 1. The lowest BCUT2D eigenvalue weighted by molar-refractivity contribution is 0.102. The molecule has 0 aliphatic heterocycles. The Morgan fingerprint density at radius 3 is 2.81 bits per heavy atom. The third-order valence-corrected chi connectivity index (χ3v) is 3.35. The highest BCUT2D eigenvalue weighted by Gasteiger charge is 2.12. The molecule has 3 rings (SSSR count). The van der Waals surface area contributed by atoms with E-state index >= 15 is 0 Å². The Labute approximate surface area is 121 Å². The summed E-state index contributed by atoms with van der Waals surface area (Å²) in [6, 6.07) is 9.09. The van der Waals surface area contributed by atoms with Crippen LogP contribution in [0, 0.1) is 0 Å². The van der Waals surface area contributed by atoms with E-state index in [0.717, 1.165) is 16.6 Å². The summed E-state index contributed by atoms with van der Waals surface area (Å²) in [5.41, 5.74) is 8.74. The van der Waals surface area contributed by atoms with Crippen molar-refractivity contribution in [2.24, 2.45) is 0 Å². The van der Waals surface area contributed by atoms with Crippen LogP contribution >= 0.6 is 0 Å². The molecule has 0 saturated heterocycles. The van der Waals surface area contributed by atoms with Crippen LogP contribution in [-0.4, -0.2) is 21.1 Å². The molecule has 6 nitrogen and oxygen atoms in total. The Balaban J connectivity index is 1.82. The standard InChI is InChI=1S/C15H17N5O/c1-8(2)12-7-14(20-19-12)18-15(21)13-6-9-5-10(16)3-4-11(9)17-13/h3-8,17H,16H2,1-2H3,(H2,18,19,20,21). The van der Waals surface area contributed by atoms with Gasteiger partial charge < -0.3 is 16.0 Å². The van der Waals surface area contributed by atoms with Gasteiger partial charge in [-0.3, -0.25) is 9.89 Å². The summed E-state index contributed by atoms with van der Waals surface area (Å²) in [7, 11) is 0. The number of anilines is 2. The van der Waals surface area contributed by atoms with E-state index in [1.54, 1.807) is 12.1 Å². The molecule has 0 bridgehead atoms. The van der Waals surface area contributed by atoms with Crippen LogP contribution in [0.5, 0.6) is 0 Å². The fourth-order valence-electron chi connectivity index (χ4n) is 2.15. The summed E-state index contributed by atoms with van der Waals surface area (Å²) in [4.78, 5) is 15.3. The molecule has 0 unspecified atom stereocenters. The molecule has 108 valence electrons. The van der Waals surface area contributed by atoms with Gasteiger partial charge in [-0.05, 0) is 30.2 Å². The molecular weight excluding hydrogens is 266 g/mol. The number of H-pyrrole nitrogens is 2. The van der Waals surface area contributed by atoms with E-state index in [0.29, 0.717) is 23.1 Å². The van der Waals surface area contributed by atoms with Gasteiger partial charge in [0.05, 0.1) is 0 Å². The highest BCUT2D eigenvalue weighted by atomic mass is 16.1.